The van der Waals surface area contributed by atoms with E-state index >= 15 is 0 Å². The summed E-state index contributed by atoms with van der Waals surface area (Å²) in [4.78, 5) is 22.3. The highest BCUT2D eigenvalue weighted by Gasteiger charge is 2.17. The van der Waals surface area contributed by atoms with E-state index in [1.54, 1.807) is 12.1 Å². The zero-order valence-corrected chi connectivity index (χ0v) is 14.4. The van der Waals surface area contributed by atoms with E-state index in [1.807, 2.05) is 43.3 Å². The van der Waals surface area contributed by atoms with Crippen molar-refractivity contribution < 1.29 is 19.4 Å². The number of carbonyl (C=O) groups excluding carboxylic acids is 1. The molecule has 0 aliphatic rings. The minimum atomic E-state index is -1.04. The number of carbonyl (C=O) groups is 2. The Labute approximate surface area is 150 Å². The van der Waals surface area contributed by atoms with E-state index < -0.39 is 18.5 Å². The van der Waals surface area contributed by atoms with E-state index in [1.165, 1.54) is 0 Å². The van der Waals surface area contributed by atoms with Crippen molar-refractivity contribution in [2.24, 2.45) is 5.73 Å². The third-order valence-corrected chi connectivity index (χ3v) is 4.32. The van der Waals surface area contributed by atoms with Gasteiger partial charge in [-0.05, 0) is 36.2 Å². The number of fused-ring (bicyclic) bond motifs is 1. The number of ether oxygens (including phenoxy) is 1. The lowest BCUT2D eigenvalue weighted by Crippen LogP contribution is -2.14. The second-order valence-electron chi connectivity index (χ2n) is 6.14. The number of carboxylic acid groups (broad SMARTS) is 1. The zero-order chi connectivity index (χ0) is 18.7. The first kappa shape index (κ1) is 17.5. The summed E-state index contributed by atoms with van der Waals surface area (Å²) in [5, 5.41) is 9.63. The summed E-state index contributed by atoms with van der Waals surface area (Å²) >= 11 is 0. The summed E-state index contributed by atoms with van der Waals surface area (Å²) in [7, 11) is 0. The summed E-state index contributed by atoms with van der Waals surface area (Å²) in [6.45, 7) is 2.20. The van der Waals surface area contributed by atoms with Crippen molar-refractivity contribution in [3.63, 3.8) is 0 Å². The molecule has 6 heteroatoms. The molecule has 0 atom stereocenters. The van der Waals surface area contributed by atoms with Gasteiger partial charge in [0.25, 0.3) is 0 Å². The van der Waals surface area contributed by atoms with Crippen molar-refractivity contribution in [3.05, 3.63) is 65.4 Å². The van der Waals surface area contributed by atoms with E-state index in [0.29, 0.717) is 12.3 Å². The molecular formula is C20H20N2O4. The van der Waals surface area contributed by atoms with E-state index in [0.717, 1.165) is 27.7 Å². The first-order valence-corrected chi connectivity index (χ1v) is 8.24. The standard InChI is InChI=1S/C20H20N2O4/c1-13-16(10-19(21)23)17-9-15(26-12-20(24)25)7-8-18(17)22(13)11-14-5-3-2-4-6-14/h2-9H,10-12H2,1H3,(H2,21,23)(H,24,25). The Balaban J connectivity index is 2.08. The number of rotatable bonds is 7. The number of hydrogen-bond acceptors (Lipinski definition) is 3. The van der Waals surface area contributed by atoms with Gasteiger partial charge < -0.3 is 20.1 Å². The van der Waals surface area contributed by atoms with E-state index in [4.69, 9.17) is 15.6 Å². The molecule has 0 radical (unpaired) electrons. The number of primary amides is 1. The second kappa shape index (κ2) is 7.31. The summed E-state index contributed by atoms with van der Waals surface area (Å²) in [6, 6.07) is 15.4. The van der Waals surface area contributed by atoms with Crippen LogP contribution in [0.1, 0.15) is 16.8 Å². The SMILES string of the molecule is Cc1c(CC(N)=O)c2cc(OCC(=O)O)ccc2n1Cc1ccccc1. The molecule has 0 aliphatic carbocycles. The normalized spacial score (nSPS) is 10.8. The van der Waals surface area contributed by atoms with Crippen LogP contribution in [0.25, 0.3) is 10.9 Å². The number of carboxylic acids is 1. The van der Waals surface area contributed by atoms with Crippen LogP contribution in [-0.4, -0.2) is 28.2 Å². The van der Waals surface area contributed by atoms with Crippen LogP contribution in [0.2, 0.25) is 0 Å². The number of amides is 1. The molecule has 0 bridgehead atoms. The lowest BCUT2D eigenvalue weighted by atomic mass is 10.1. The fourth-order valence-electron chi connectivity index (χ4n) is 3.13. The Morgan fingerprint density at radius 1 is 1.15 bits per heavy atom. The number of aliphatic carboxylic acids is 1. The Hall–Kier alpha value is -3.28. The van der Waals surface area contributed by atoms with Crippen LogP contribution in [-0.2, 0) is 22.6 Å². The Morgan fingerprint density at radius 3 is 2.54 bits per heavy atom. The summed E-state index contributed by atoms with van der Waals surface area (Å²) in [5.74, 6) is -1.01. The first-order valence-electron chi connectivity index (χ1n) is 8.24. The van der Waals surface area contributed by atoms with Gasteiger partial charge in [-0.2, -0.15) is 0 Å². The Morgan fingerprint density at radius 2 is 1.88 bits per heavy atom. The predicted molar refractivity (Wildman–Crippen MR) is 98.2 cm³/mol. The maximum absolute atomic E-state index is 11.5. The number of aromatic nitrogens is 1. The first-order chi connectivity index (χ1) is 12.5. The van der Waals surface area contributed by atoms with Crippen molar-refractivity contribution in [2.75, 3.05) is 6.61 Å². The maximum Gasteiger partial charge on any atom is 0.341 e. The van der Waals surface area contributed by atoms with Gasteiger partial charge >= 0.3 is 5.97 Å². The lowest BCUT2D eigenvalue weighted by Gasteiger charge is -2.09. The van der Waals surface area contributed by atoms with Gasteiger partial charge in [0.05, 0.1) is 6.42 Å². The van der Waals surface area contributed by atoms with E-state index in [2.05, 4.69) is 4.57 Å². The average Bonchev–Trinajstić information content (AvgIpc) is 2.86. The van der Waals surface area contributed by atoms with E-state index in [-0.39, 0.29) is 6.42 Å². The molecule has 134 valence electrons. The van der Waals surface area contributed by atoms with Gasteiger partial charge in [0.15, 0.2) is 6.61 Å². The number of nitrogens with two attached hydrogens (primary N) is 1. The number of benzene rings is 2. The van der Waals surface area contributed by atoms with Crippen LogP contribution in [0.3, 0.4) is 0 Å². The molecular weight excluding hydrogens is 332 g/mol. The van der Waals surface area contributed by atoms with Gasteiger partial charge in [-0.1, -0.05) is 30.3 Å². The molecule has 1 aromatic heterocycles. The molecule has 26 heavy (non-hydrogen) atoms. The topological polar surface area (TPSA) is 94.6 Å². The summed E-state index contributed by atoms with van der Waals surface area (Å²) in [6.07, 6.45) is 0.118. The highest BCUT2D eigenvalue weighted by atomic mass is 16.5. The predicted octanol–water partition coefficient (Wildman–Crippen LogP) is 2.49. The minimum Gasteiger partial charge on any atom is -0.482 e. The van der Waals surface area contributed by atoms with Crippen LogP contribution in [0.15, 0.2) is 48.5 Å². The molecule has 0 fully saturated rings. The highest BCUT2D eigenvalue weighted by Crippen LogP contribution is 2.30. The Kier molecular flexibility index (Phi) is 4.93. The highest BCUT2D eigenvalue weighted by molar-refractivity contribution is 5.91. The molecule has 0 saturated heterocycles. The summed E-state index contributed by atoms with van der Waals surface area (Å²) in [5.41, 5.74) is 9.31. The molecule has 3 N–H and O–H groups in total. The zero-order valence-electron chi connectivity index (χ0n) is 14.4. The van der Waals surface area contributed by atoms with Gasteiger partial charge in [-0.3, -0.25) is 4.79 Å². The molecule has 3 aromatic rings. The maximum atomic E-state index is 11.5. The lowest BCUT2D eigenvalue weighted by molar-refractivity contribution is -0.139. The molecule has 3 rings (SSSR count). The monoisotopic (exact) mass is 352 g/mol. The molecule has 0 saturated carbocycles. The second-order valence-corrected chi connectivity index (χ2v) is 6.14. The third-order valence-electron chi connectivity index (χ3n) is 4.32. The number of hydrogen-bond donors (Lipinski definition) is 2. The van der Waals surface area contributed by atoms with Gasteiger partial charge in [-0.15, -0.1) is 0 Å². The largest absolute Gasteiger partial charge is 0.482 e. The quantitative estimate of drug-likeness (QED) is 0.683. The van der Waals surface area contributed by atoms with Crippen LogP contribution in [0.5, 0.6) is 5.75 Å². The smallest absolute Gasteiger partial charge is 0.341 e. The van der Waals surface area contributed by atoms with Crippen molar-refractivity contribution in [1.82, 2.24) is 4.57 Å². The van der Waals surface area contributed by atoms with Crippen LogP contribution < -0.4 is 10.5 Å². The molecule has 0 aliphatic heterocycles. The average molecular weight is 352 g/mol. The number of nitrogens with zero attached hydrogens (tertiary/aromatic N) is 1. The van der Waals surface area contributed by atoms with Crippen molar-refractivity contribution >= 4 is 22.8 Å². The fourth-order valence-corrected chi connectivity index (χ4v) is 3.13. The molecule has 1 heterocycles. The fraction of sp³-hybridized carbons (Fsp3) is 0.200. The molecule has 2 aromatic carbocycles. The van der Waals surface area contributed by atoms with Gasteiger partial charge in [-0.25, -0.2) is 4.79 Å². The van der Waals surface area contributed by atoms with Crippen molar-refractivity contribution in [1.29, 1.82) is 0 Å². The summed E-state index contributed by atoms with van der Waals surface area (Å²) < 4.78 is 7.41. The van der Waals surface area contributed by atoms with Crippen LogP contribution >= 0.6 is 0 Å². The van der Waals surface area contributed by atoms with Crippen molar-refractivity contribution in [2.45, 2.75) is 19.9 Å². The molecule has 0 unspecified atom stereocenters. The minimum absolute atomic E-state index is 0.118. The molecule has 1 amide bonds. The van der Waals surface area contributed by atoms with Crippen LogP contribution in [0.4, 0.5) is 0 Å². The van der Waals surface area contributed by atoms with Gasteiger partial charge in [0.1, 0.15) is 5.75 Å². The third kappa shape index (κ3) is 3.69. The Bertz CT molecular complexity index is 961. The van der Waals surface area contributed by atoms with Gasteiger partial charge in [0.2, 0.25) is 5.91 Å². The van der Waals surface area contributed by atoms with Crippen molar-refractivity contribution in [3.8, 4) is 5.75 Å². The van der Waals surface area contributed by atoms with Gasteiger partial charge in [0, 0.05) is 23.1 Å². The molecule has 0 spiro atoms. The molecule has 6 nitrogen and oxygen atoms in total. The van der Waals surface area contributed by atoms with Crippen LogP contribution in [0, 0.1) is 6.92 Å². The van der Waals surface area contributed by atoms with E-state index in [9.17, 15) is 9.59 Å².